The molecule has 1 N–H and O–H groups in total. The molecule has 0 aliphatic heterocycles. The maximum atomic E-state index is 4.49. The summed E-state index contributed by atoms with van der Waals surface area (Å²) in [5.74, 6) is 0.904. The largest absolute Gasteiger partial charge is 0.352 e. The van der Waals surface area contributed by atoms with E-state index >= 15 is 0 Å². The Morgan fingerprint density at radius 1 is 1.65 bits per heavy atom. The van der Waals surface area contributed by atoms with Gasteiger partial charge in [0, 0.05) is 12.7 Å². The van der Waals surface area contributed by atoms with Crippen molar-refractivity contribution in [3.8, 4) is 0 Å². The quantitative estimate of drug-likeness (QED) is 0.820. The Kier molecular flexibility index (Phi) is 3.64. The highest BCUT2D eigenvalue weighted by molar-refractivity contribution is 7.07. The van der Waals surface area contributed by atoms with Crippen molar-refractivity contribution in [1.29, 1.82) is 0 Å². The average Bonchev–Trinajstić information content (AvgIpc) is 2.94. The minimum absolute atomic E-state index is 0.301. The number of rotatable bonds is 5. The molecular formula is C13H17N3S. The Morgan fingerprint density at radius 3 is 3.12 bits per heavy atom. The lowest BCUT2D eigenvalue weighted by atomic mass is 10.2. The number of nitrogens with zero attached hydrogens (tertiary/aromatic N) is 2. The first kappa shape index (κ1) is 11.9. The van der Waals surface area contributed by atoms with Crippen LogP contribution in [0.4, 0.5) is 5.95 Å². The van der Waals surface area contributed by atoms with Gasteiger partial charge in [-0.1, -0.05) is 6.08 Å². The summed E-state index contributed by atoms with van der Waals surface area (Å²) in [4.78, 5) is 4.49. The molecule has 0 saturated heterocycles. The molecule has 3 nitrogen and oxygen atoms in total. The molecular weight excluding hydrogens is 230 g/mol. The van der Waals surface area contributed by atoms with Crippen molar-refractivity contribution in [3.05, 3.63) is 46.9 Å². The number of nitrogens with one attached hydrogen (secondary N) is 1. The van der Waals surface area contributed by atoms with E-state index in [2.05, 4.69) is 51.4 Å². The van der Waals surface area contributed by atoms with Crippen LogP contribution < -0.4 is 5.32 Å². The molecule has 0 fully saturated rings. The van der Waals surface area contributed by atoms with Crippen molar-refractivity contribution >= 4 is 17.3 Å². The topological polar surface area (TPSA) is 29.9 Å². The Morgan fingerprint density at radius 2 is 2.47 bits per heavy atom. The molecule has 0 spiro atoms. The molecule has 2 aromatic heterocycles. The fourth-order valence-corrected chi connectivity index (χ4v) is 2.53. The lowest BCUT2D eigenvalue weighted by molar-refractivity contribution is 0.646. The SMILES string of the molecule is C=CCNc1nc(C)cn1C(C)c1ccsc1. The van der Waals surface area contributed by atoms with Crippen LogP contribution >= 0.6 is 11.3 Å². The van der Waals surface area contributed by atoms with Gasteiger partial charge in [-0.15, -0.1) is 6.58 Å². The second kappa shape index (κ2) is 5.19. The average molecular weight is 247 g/mol. The van der Waals surface area contributed by atoms with Crippen LogP contribution in [-0.4, -0.2) is 16.1 Å². The van der Waals surface area contributed by atoms with Crippen molar-refractivity contribution < 1.29 is 0 Å². The van der Waals surface area contributed by atoms with Crippen LogP contribution in [0.5, 0.6) is 0 Å². The zero-order valence-corrected chi connectivity index (χ0v) is 11.0. The van der Waals surface area contributed by atoms with E-state index in [-0.39, 0.29) is 0 Å². The molecule has 0 aromatic carbocycles. The Balaban J connectivity index is 2.27. The van der Waals surface area contributed by atoms with Gasteiger partial charge in [0.2, 0.25) is 5.95 Å². The number of aryl methyl sites for hydroxylation is 1. The van der Waals surface area contributed by atoms with E-state index in [0.717, 1.165) is 18.2 Å². The highest BCUT2D eigenvalue weighted by Gasteiger charge is 2.13. The molecule has 4 heteroatoms. The lowest BCUT2D eigenvalue weighted by Gasteiger charge is -2.15. The minimum atomic E-state index is 0.301. The molecule has 17 heavy (non-hydrogen) atoms. The van der Waals surface area contributed by atoms with Gasteiger partial charge in [-0.25, -0.2) is 4.98 Å². The van der Waals surface area contributed by atoms with E-state index < -0.39 is 0 Å². The van der Waals surface area contributed by atoms with Gasteiger partial charge in [-0.2, -0.15) is 11.3 Å². The van der Waals surface area contributed by atoms with Gasteiger partial charge in [0.25, 0.3) is 0 Å². The third-order valence-electron chi connectivity index (χ3n) is 2.70. The van der Waals surface area contributed by atoms with Crippen LogP contribution in [0.3, 0.4) is 0 Å². The molecule has 2 heterocycles. The van der Waals surface area contributed by atoms with Crippen molar-refractivity contribution in [2.45, 2.75) is 19.9 Å². The second-order valence-corrected chi connectivity index (χ2v) is 4.80. The molecule has 2 rings (SSSR count). The predicted molar refractivity (Wildman–Crippen MR) is 73.8 cm³/mol. The zero-order valence-electron chi connectivity index (χ0n) is 10.2. The normalized spacial score (nSPS) is 12.4. The Labute approximate surface area is 106 Å². The summed E-state index contributed by atoms with van der Waals surface area (Å²) in [5, 5.41) is 7.55. The van der Waals surface area contributed by atoms with E-state index in [1.807, 2.05) is 13.0 Å². The van der Waals surface area contributed by atoms with Gasteiger partial charge in [0.15, 0.2) is 0 Å². The number of anilines is 1. The van der Waals surface area contributed by atoms with E-state index in [1.54, 1.807) is 11.3 Å². The summed E-state index contributed by atoms with van der Waals surface area (Å²) in [5.41, 5.74) is 2.34. The van der Waals surface area contributed by atoms with Crippen LogP contribution in [0.25, 0.3) is 0 Å². The highest BCUT2D eigenvalue weighted by Crippen LogP contribution is 2.24. The number of aromatic nitrogens is 2. The summed E-state index contributed by atoms with van der Waals surface area (Å²) in [6.45, 7) is 8.63. The van der Waals surface area contributed by atoms with E-state index in [9.17, 15) is 0 Å². The van der Waals surface area contributed by atoms with E-state index in [4.69, 9.17) is 0 Å². The molecule has 90 valence electrons. The third kappa shape index (κ3) is 2.58. The fourth-order valence-electron chi connectivity index (χ4n) is 1.78. The summed E-state index contributed by atoms with van der Waals surface area (Å²) in [6, 6.07) is 2.46. The van der Waals surface area contributed by atoms with Crippen LogP contribution in [0.2, 0.25) is 0 Å². The van der Waals surface area contributed by atoms with Gasteiger partial charge in [-0.05, 0) is 36.2 Å². The molecule has 0 radical (unpaired) electrons. The number of hydrogen-bond acceptors (Lipinski definition) is 3. The van der Waals surface area contributed by atoms with Gasteiger partial charge < -0.3 is 9.88 Å². The van der Waals surface area contributed by atoms with Gasteiger partial charge in [-0.3, -0.25) is 0 Å². The smallest absolute Gasteiger partial charge is 0.203 e. The molecule has 0 aliphatic carbocycles. The zero-order chi connectivity index (χ0) is 12.3. The Bertz CT molecular complexity index is 485. The molecule has 0 saturated carbocycles. The molecule has 2 aromatic rings. The van der Waals surface area contributed by atoms with Crippen LogP contribution in [0, 0.1) is 6.92 Å². The van der Waals surface area contributed by atoms with Crippen molar-refractivity contribution in [2.24, 2.45) is 0 Å². The molecule has 1 atom stereocenters. The van der Waals surface area contributed by atoms with Gasteiger partial charge in [0.05, 0.1) is 11.7 Å². The molecule has 0 aliphatic rings. The third-order valence-corrected chi connectivity index (χ3v) is 3.40. The van der Waals surface area contributed by atoms with Crippen molar-refractivity contribution in [2.75, 3.05) is 11.9 Å². The number of hydrogen-bond donors (Lipinski definition) is 1. The second-order valence-electron chi connectivity index (χ2n) is 4.02. The maximum Gasteiger partial charge on any atom is 0.203 e. The Hall–Kier alpha value is -1.55. The van der Waals surface area contributed by atoms with Gasteiger partial charge >= 0.3 is 0 Å². The summed E-state index contributed by atoms with van der Waals surface area (Å²) >= 11 is 1.72. The van der Waals surface area contributed by atoms with Crippen molar-refractivity contribution in [1.82, 2.24) is 9.55 Å². The highest BCUT2D eigenvalue weighted by atomic mass is 32.1. The summed E-state index contributed by atoms with van der Waals surface area (Å²) in [7, 11) is 0. The maximum absolute atomic E-state index is 4.49. The number of thiophene rings is 1. The van der Waals surface area contributed by atoms with Crippen LogP contribution in [-0.2, 0) is 0 Å². The van der Waals surface area contributed by atoms with Crippen LogP contribution in [0.15, 0.2) is 35.7 Å². The standard InChI is InChI=1S/C13H17N3S/c1-4-6-14-13-15-10(2)8-16(13)11(3)12-5-7-17-9-12/h4-5,7-9,11H,1,6H2,2-3H3,(H,14,15). The fraction of sp³-hybridized carbons (Fsp3) is 0.308. The van der Waals surface area contributed by atoms with E-state index in [0.29, 0.717) is 6.04 Å². The van der Waals surface area contributed by atoms with E-state index in [1.165, 1.54) is 5.56 Å². The summed E-state index contributed by atoms with van der Waals surface area (Å²) < 4.78 is 2.17. The first-order valence-electron chi connectivity index (χ1n) is 5.64. The van der Waals surface area contributed by atoms with Gasteiger partial charge in [0.1, 0.15) is 0 Å². The molecule has 0 amide bonds. The lowest BCUT2D eigenvalue weighted by Crippen LogP contribution is -2.11. The predicted octanol–water partition coefficient (Wildman–Crippen LogP) is 3.46. The van der Waals surface area contributed by atoms with Crippen LogP contribution in [0.1, 0.15) is 24.2 Å². The summed E-state index contributed by atoms with van der Waals surface area (Å²) in [6.07, 6.45) is 3.91. The molecule has 1 unspecified atom stereocenters. The minimum Gasteiger partial charge on any atom is -0.352 e. The monoisotopic (exact) mass is 247 g/mol. The first-order valence-corrected chi connectivity index (χ1v) is 6.59. The first-order chi connectivity index (χ1) is 8.22. The van der Waals surface area contributed by atoms with Crippen molar-refractivity contribution in [3.63, 3.8) is 0 Å². The molecule has 0 bridgehead atoms. The number of imidazole rings is 1.